The molecule has 0 bridgehead atoms. The van der Waals surface area contributed by atoms with E-state index in [1.807, 2.05) is 6.92 Å². The molecule has 0 spiro atoms. The third-order valence-electron chi connectivity index (χ3n) is 3.90. The quantitative estimate of drug-likeness (QED) is 0.778. The van der Waals surface area contributed by atoms with Crippen LogP contribution in [0.15, 0.2) is 17.2 Å². The van der Waals surface area contributed by atoms with Crippen molar-refractivity contribution in [3.8, 4) is 0 Å². The molecule has 0 amide bonds. The Morgan fingerprint density at radius 1 is 1.52 bits per heavy atom. The number of ether oxygens (including phenoxy) is 1. The molecule has 0 aliphatic carbocycles. The fourth-order valence-corrected chi connectivity index (χ4v) is 2.83. The minimum Gasteiger partial charge on any atom is -0.469 e. The molecule has 2 unspecified atom stereocenters. The van der Waals surface area contributed by atoms with E-state index in [1.54, 1.807) is 0 Å². The summed E-state index contributed by atoms with van der Waals surface area (Å²) in [4.78, 5) is 34.0. The van der Waals surface area contributed by atoms with E-state index in [4.69, 9.17) is 4.74 Å². The second-order valence-electron chi connectivity index (χ2n) is 5.41. The highest BCUT2D eigenvalue weighted by Crippen LogP contribution is 2.25. The molecular formula is C13H17N5O3. The van der Waals surface area contributed by atoms with Crippen LogP contribution in [0.25, 0.3) is 5.78 Å². The van der Waals surface area contributed by atoms with Gasteiger partial charge in [0.1, 0.15) is 6.33 Å². The predicted molar refractivity (Wildman–Crippen MR) is 73.6 cm³/mol. The van der Waals surface area contributed by atoms with Gasteiger partial charge in [-0.1, -0.05) is 6.92 Å². The summed E-state index contributed by atoms with van der Waals surface area (Å²) in [7, 11) is 1.41. The molecule has 2 atom stereocenters. The predicted octanol–water partition coefficient (Wildman–Crippen LogP) is -0.341. The lowest BCUT2D eigenvalue weighted by Crippen LogP contribution is -2.25. The van der Waals surface area contributed by atoms with Crippen molar-refractivity contribution < 1.29 is 9.53 Å². The molecule has 8 heteroatoms. The summed E-state index contributed by atoms with van der Waals surface area (Å²) < 4.78 is 6.11. The zero-order valence-corrected chi connectivity index (χ0v) is 11.9. The van der Waals surface area contributed by atoms with Crippen molar-refractivity contribution in [3.05, 3.63) is 28.4 Å². The monoisotopic (exact) mass is 291 g/mol. The molecule has 1 saturated heterocycles. The molecule has 1 N–H and O–H groups in total. The highest BCUT2D eigenvalue weighted by Gasteiger charge is 2.35. The number of likely N-dealkylation sites (tertiary alicyclic amines) is 1. The zero-order chi connectivity index (χ0) is 15.0. The van der Waals surface area contributed by atoms with Crippen molar-refractivity contribution in [2.45, 2.75) is 13.5 Å². The molecule has 0 aromatic carbocycles. The maximum Gasteiger partial charge on any atom is 0.310 e. The van der Waals surface area contributed by atoms with E-state index >= 15 is 0 Å². The highest BCUT2D eigenvalue weighted by molar-refractivity contribution is 5.73. The summed E-state index contributed by atoms with van der Waals surface area (Å²) >= 11 is 0. The number of carbonyl (C=O) groups is 1. The van der Waals surface area contributed by atoms with E-state index in [0.717, 1.165) is 6.54 Å². The Morgan fingerprint density at radius 3 is 3.10 bits per heavy atom. The molecule has 2 aromatic heterocycles. The Bertz CT molecular complexity index is 722. The van der Waals surface area contributed by atoms with Crippen LogP contribution in [-0.4, -0.2) is 50.7 Å². The van der Waals surface area contributed by atoms with Gasteiger partial charge in [-0.05, 0) is 5.92 Å². The molecule has 1 fully saturated rings. The fourth-order valence-electron chi connectivity index (χ4n) is 2.83. The number of aromatic nitrogens is 4. The van der Waals surface area contributed by atoms with Gasteiger partial charge in [0.2, 0.25) is 0 Å². The van der Waals surface area contributed by atoms with E-state index in [2.05, 4.69) is 20.0 Å². The number of fused-ring (bicyclic) bond motifs is 1. The van der Waals surface area contributed by atoms with Crippen LogP contribution in [0.1, 0.15) is 12.6 Å². The number of rotatable bonds is 3. The largest absolute Gasteiger partial charge is 0.469 e. The van der Waals surface area contributed by atoms with E-state index in [0.29, 0.717) is 24.6 Å². The second kappa shape index (κ2) is 5.28. The third-order valence-corrected chi connectivity index (χ3v) is 3.90. The Labute approximate surface area is 120 Å². The minimum atomic E-state index is -0.190. The van der Waals surface area contributed by atoms with E-state index in [9.17, 15) is 9.59 Å². The topological polar surface area (TPSA) is 92.6 Å². The van der Waals surface area contributed by atoms with Crippen molar-refractivity contribution in [3.63, 3.8) is 0 Å². The van der Waals surface area contributed by atoms with Gasteiger partial charge in [-0.2, -0.15) is 4.52 Å². The van der Waals surface area contributed by atoms with Crippen LogP contribution in [-0.2, 0) is 16.1 Å². The van der Waals surface area contributed by atoms with Crippen LogP contribution in [0, 0.1) is 11.8 Å². The smallest absolute Gasteiger partial charge is 0.310 e. The first-order chi connectivity index (χ1) is 10.1. The Hall–Kier alpha value is -2.22. The summed E-state index contributed by atoms with van der Waals surface area (Å²) in [5.41, 5.74) is 0.467. The van der Waals surface area contributed by atoms with Gasteiger partial charge in [0.15, 0.2) is 0 Å². The second-order valence-corrected chi connectivity index (χ2v) is 5.41. The minimum absolute atomic E-state index is 0.120. The van der Waals surface area contributed by atoms with E-state index in [-0.39, 0.29) is 23.4 Å². The number of H-pyrrole nitrogens is 1. The first-order valence-electron chi connectivity index (χ1n) is 6.80. The molecule has 8 nitrogen and oxygen atoms in total. The summed E-state index contributed by atoms with van der Waals surface area (Å²) in [5, 5.41) is 2.70. The molecule has 0 saturated carbocycles. The SMILES string of the molecule is COC(=O)C1CN(Cc2cc(=O)n3[nH]cnc3n2)CC1C. The van der Waals surface area contributed by atoms with E-state index in [1.165, 1.54) is 24.0 Å². The van der Waals surface area contributed by atoms with Gasteiger partial charge in [0.05, 0.1) is 18.7 Å². The first kappa shape index (κ1) is 13.7. The van der Waals surface area contributed by atoms with Gasteiger partial charge in [-0.3, -0.25) is 19.6 Å². The number of hydrogen-bond donors (Lipinski definition) is 1. The lowest BCUT2D eigenvalue weighted by molar-refractivity contribution is -0.146. The van der Waals surface area contributed by atoms with Gasteiger partial charge >= 0.3 is 5.97 Å². The Kier molecular flexibility index (Phi) is 3.46. The first-order valence-corrected chi connectivity index (χ1v) is 6.80. The average molecular weight is 291 g/mol. The molecule has 1 aliphatic rings. The summed E-state index contributed by atoms with van der Waals surface area (Å²) in [5.74, 6) is 0.285. The number of nitrogens with one attached hydrogen (secondary N) is 1. The summed E-state index contributed by atoms with van der Waals surface area (Å²) in [6.45, 7) is 3.95. The van der Waals surface area contributed by atoms with Gasteiger partial charge < -0.3 is 4.74 Å². The average Bonchev–Trinajstić information content (AvgIpc) is 3.05. The van der Waals surface area contributed by atoms with Crippen molar-refractivity contribution in [2.75, 3.05) is 20.2 Å². The number of methoxy groups -OCH3 is 1. The van der Waals surface area contributed by atoms with Gasteiger partial charge in [0, 0.05) is 25.7 Å². The number of carbonyl (C=O) groups excluding carboxylic acids is 1. The molecule has 0 radical (unpaired) electrons. The van der Waals surface area contributed by atoms with Crippen LogP contribution in [0.4, 0.5) is 0 Å². The highest BCUT2D eigenvalue weighted by atomic mass is 16.5. The molecule has 112 valence electrons. The summed E-state index contributed by atoms with van der Waals surface area (Å²) in [6, 6.07) is 1.49. The standard InChI is InChI=1S/C13H17N5O3/c1-8-4-17(6-10(8)12(20)21-2)5-9-3-11(19)18-13(16-9)14-7-15-18/h3,7-8,10H,4-6H2,1-2H3,(H,14,15,16). The van der Waals surface area contributed by atoms with Crippen LogP contribution in [0.5, 0.6) is 0 Å². The van der Waals surface area contributed by atoms with Crippen LogP contribution < -0.4 is 5.56 Å². The van der Waals surface area contributed by atoms with Crippen molar-refractivity contribution in [1.29, 1.82) is 0 Å². The number of nitrogens with zero attached hydrogens (tertiary/aromatic N) is 4. The van der Waals surface area contributed by atoms with Gasteiger partial charge in [-0.15, -0.1) is 0 Å². The summed E-state index contributed by atoms with van der Waals surface area (Å²) in [6.07, 6.45) is 1.43. The Morgan fingerprint density at radius 2 is 2.33 bits per heavy atom. The van der Waals surface area contributed by atoms with Crippen molar-refractivity contribution in [2.24, 2.45) is 11.8 Å². The Balaban J connectivity index is 1.77. The maximum atomic E-state index is 11.9. The lowest BCUT2D eigenvalue weighted by Gasteiger charge is -2.14. The van der Waals surface area contributed by atoms with Gasteiger partial charge in [-0.25, -0.2) is 9.97 Å². The van der Waals surface area contributed by atoms with E-state index < -0.39 is 0 Å². The normalized spacial score (nSPS) is 22.8. The molecule has 1 aliphatic heterocycles. The molecule has 2 aromatic rings. The van der Waals surface area contributed by atoms with Crippen molar-refractivity contribution in [1.82, 2.24) is 24.5 Å². The zero-order valence-electron chi connectivity index (χ0n) is 11.9. The van der Waals surface area contributed by atoms with Crippen LogP contribution in [0.3, 0.4) is 0 Å². The maximum absolute atomic E-state index is 11.9. The van der Waals surface area contributed by atoms with Crippen LogP contribution >= 0.6 is 0 Å². The van der Waals surface area contributed by atoms with Crippen molar-refractivity contribution >= 4 is 11.7 Å². The molecule has 21 heavy (non-hydrogen) atoms. The fraction of sp³-hybridized carbons (Fsp3) is 0.538. The number of aromatic amines is 1. The molecule has 3 heterocycles. The number of hydrogen-bond acceptors (Lipinski definition) is 6. The van der Waals surface area contributed by atoms with Crippen LogP contribution in [0.2, 0.25) is 0 Å². The molecular weight excluding hydrogens is 274 g/mol. The third kappa shape index (κ3) is 2.54. The van der Waals surface area contributed by atoms with Gasteiger partial charge in [0.25, 0.3) is 11.3 Å². The number of esters is 1. The lowest BCUT2D eigenvalue weighted by atomic mass is 9.99. The molecule has 3 rings (SSSR count).